The van der Waals surface area contributed by atoms with Crippen LogP contribution in [0.25, 0.3) is 0 Å². The van der Waals surface area contributed by atoms with E-state index in [1.54, 1.807) is 30.3 Å². The van der Waals surface area contributed by atoms with Crippen LogP contribution in [-0.2, 0) is 0 Å². The second kappa shape index (κ2) is 6.42. The lowest BCUT2D eigenvalue weighted by molar-refractivity contribution is 1.32. The highest BCUT2D eigenvalue weighted by atomic mass is 35.5. The molecule has 0 saturated heterocycles. The molecule has 0 amide bonds. The summed E-state index contributed by atoms with van der Waals surface area (Å²) in [7, 11) is 0. The van der Waals surface area contributed by atoms with Gasteiger partial charge in [-0.25, -0.2) is 0 Å². The molecule has 5 heteroatoms. The van der Waals surface area contributed by atoms with E-state index in [1.807, 2.05) is 19.1 Å². The summed E-state index contributed by atoms with van der Waals surface area (Å²) in [5, 5.41) is 14.0. The molecule has 0 radical (unpaired) electrons. The van der Waals surface area contributed by atoms with Crippen LogP contribution in [0.3, 0.4) is 0 Å². The highest BCUT2D eigenvalue weighted by molar-refractivity contribution is 6.39. The van der Waals surface area contributed by atoms with Gasteiger partial charge < -0.3 is 0 Å². The van der Waals surface area contributed by atoms with Crippen LogP contribution >= 0.6 is 23.2 Å². The maximum atomic E-state index is 8.76. The van der Waals surface area contributed by atoms with Crippen molar-refractivity contribution in [2.24, 2.45) is 5.10 Å². The fourth-order valence-corrected chi connectivity index (χ4v) is 2.08. The van der Waals surface area contributed by atoms with Gasteiger partial charge in [-0.3, -0.25) is 5.43 Å². The van der Waals surface area contributed by atoms with Crippen molar-refractivity contribution in [3.63, 3.8) is 0 Å². The van der Waals surface area contributed by atoms with Gasteiger partial charge in [0, 0.05) is 0 Å². The zero-order valence-corrected chi connectivity index (χ0v) is 12.2. The predicted octanol–water partition coefficient (Wildman–Crippen LogP) is 4.70. The molecule has 100 valence electrons. The smallest absolute Gasteiger partial charge is 0.0991 e. The number of nitrogens with one attached hydrogen (secondary N) is 1. The van der Waals surface area contributed by atoms with Crippen molar-refractivity contribution in [3.05, 3.63) is 63.6 Å². The number of para-hydroxylation sites is 1. The van der Waals surface area contributed by atoms with Gasteiger partial charge in [0.25, 0.3) is 0 Å². The number of nitrogens with zero attached hydrogens (tertiary/aromatic N) is 2. The number of hydrogen-bond acceptors (Lipinski definition) is 3. The molecule has 0 aromatic heterocycles. The number of halogens is 2. The highest BCUT2D eigenvalue weighted by Crippen LogP contribution is 2.29. The standard InChI is InChI=1S/C15H11Cl2N3/c1-10(12-7-5-11(9-18)6-8-12)19-20-15-13(16)3-2-4-14(15)17/h2-8,20H,1H3/b19-10-. The molecular formula is C15H11Cl2N3. The first kappa shape index (κ1) is 14.4. The maximum Gasteiger partial charge on any atom is 0.0991 e. The third-order valence-electron chi connectivity index (χ3n) is 2.73. The van der Waals surface area contributed by atoms with E-state index in [4.69, 9.17) is 28.5 Å². The first-order chi connectivity index (χ1) is 9.61. The number of nitriles is 1. The Morgan fingerprint density at radius 2 is 1.70 bits per heavy atom. The van der Waals surface area contributed by atoms with E-state index >= 15 is 0 Å². The SMILES string of the molecule is C/C(=N/Nc1c(Cl)cccc1Cl)c1ccc(C#N)cc1. The summed E-state index contributed by atoms with van der Waals surface area (Å²) in [5.41, 5.74) is 5.74. The van der Waals surface area contributed by atoms with Crippen LogP contribution in [0.1, 0.15) is 18.1 Å². The summed E-state index contributed by atoms with van der Waals surface area (Å²) in [6, 6.07) is 14.5. The monoisotopic (exact) mass is 303 g/mol. The Labute approximate surface area is 127 Å². The molecule has 2 rings (SSSR count). The molecular weight excluding hydrogens is 293 g/mol. The quantitative estimate of drug-likeness (QED) is 0.660. The number of hydrazone groups is 1. The third-order valence-corrected chi connectivity index (χ3v) is 3.36. The van der Waals surface area contributed by atoms with Crippen molar-refractivity contribution < 1.29 is 0 Å². The molecule has 3 nitrogen and oxygen atoms in total. The van der Waals surface area contributed by atoms with Gasteiger partial charge in [-0.05, 0) is 36.8 Å². The van der Waals surface area contributed by atoms with E-state index in [1.165, 1.54) is 0 Å². The lowest BCUT2D eigenvalue weighted by Crippen LogP contribution is -2.00. The second-order valence-corrected chi connectivity index (χ2v) is 4.91. The first-order valence-corrected chi connectivity index (χ1v) is 6.62. The molecule has 2 aromatic carbocycles. The van der Waals surface area contributed by atoms with Crippen LogP contribution in [-0.4, -0.2) is 5.71 Å². The highest BCUT2D eigenvalue weighted by Gasteiger charge is 2.04. The minimum atomic E-state index is 0.508. The molecule has 0 atom stereocenters. The van der Waals surface area contributed by atoms with Crippen LogP contribution in [0.15, 0.2) is 47.6 Å². The predicted molar refractivity (Wildman–Crippen MR) is 83.5 cm³/mol. The zero-order chi connectivity index (χ0) is 14.5. The van der Waals surface area contributed by atoms with Gasteiger partial charge >= 0.3 is 0 Å². The molecule has 0 spiro atoms. The van der Waals surface area contributed by atoms with Crippen LogP contribution in [0.2, 0.25) is 10.0 Å². The van der Waals surface area contributed by atoms with Crippen LogP contribution in [0, 0.1) is 11.3 Å². The topological polar surface area (TPSA) is 48.2 Å². The maximum absolute atomic E-state index is 8.76. The molecule has 1 N–H and O–H groups in total. The molecule has 0 saturated carbocycles. The molecule has 2 aromatic rings. The Bertz CT molecular complexity index is 665. The third kappa shape index (κ3) is 3.30. The number of hydrogen-bond donors (Lipinski definition) is 1. The average Bonchev–Trinajstić information content (AvgIpc) is 2.46. The van der Waals surface area contributed by atoms with E-state index in [0.717, 1.165) is 11.3 Å². The zero-order valence-electron chi connectivity index (χ0n) is 10.7. The summed E-state index contributed by atoms with van der Waals surface area (Å²) in [4.78, 5) is 0. The van der Waals surface area contributed by atoms with Crippen LogP contribution < -0.4 is 5.43 Å². The Morgan fingerprint density at radius 1 is 1.10 bits per heavy atom. The van der Waals surface area contributed by atoms with Gasteiger partial charge in [-0.15, -0.1) is 0 Å². The number of anilines is 1. The van der Waals surface area contributed by atoms with Crippen molar-refractivity contribution in [2.45, 2.75) is 6.92 Å². The normalized spacial score (nSPS) is 11.0. The van der Waals surface area contributed by atoms with Gasteiger partial charge in [0.2, 0.25) is 0 Å². The lowest BCUT2D eigenvalue weighted by atomic mass is 10.1. The fraction of sp³-hybridized carbons (Fsp3) is 0.0667. The summed E-state index contributed by atoms with van der Waals surface area (Å²) < 4.78 is 0. The van der Waals surface area contributed by atoms with E-state index < -0.39 is 0 Å². The van der Waals surface area contributed by atoms with Gasteiger partial charge in [0.15, 0.2) is 0 Å². The Kier molecular flexibility index (Phi) is 4.62. The van der Waals surface area contributed by atoms with Crippen molar-refractivity contribution in [1.82, 2.24) is 0 Å². The van der Waals surface area contributed by atoms with Crippen molar-refractivity contribution in [2.75, 3.05) is 5.43 Å². The van der Waals surface area contributed by atoms with Gasteiger partial charge in [0.05, 0.1) is 33.1 Å². The van der Waals surface area contributed by atoms with E-state index in [0.29, 0.717) is 21.3 Å². The molecule has 0 bridgehead atoms. The van der Waals surface area contributed by atoms with Crippen molar-refractivity contribution in [1.29, 1.82) is 5.26 Å². The summed E-state index contributed by atoms with van der Waals surface area (Å²) in [5.74, 6) is 0. The molecule has 20 heavy (non-hydrogen) atoms. The minimum Gasteiger partial charge on any atom is -0.275 e. The van der Waals surface area contributed by atoms with Gasteiger partial charge in [-0.2, -0.15) is 10.4 Å². The fourth-order valence-electron chi connectivity index (χ4n) is 1.59. The summed E-state index contributed by atoms with van der Waals surface area (Å²) >= 11 is 12.1. The summed E-state index contributed by atoms with van der Waals surface area (Å²) in [6.45, 7) is 1.86. The van der Waals surface area contributed by atoms with E-state index in [9.17, 15) is 0 Å². The van der Waals surface area contributed by atoms with Crippen LogP contribution in [0.5, 0.6) is 0 Å². The number of rotatable bonds is 3. The van der Waals surface area contributed by atoms with Gasteiger partial charge in [-0.1, -0.05) is 41.4 Å². The minimum absolute atomic E-state index is 0.508. The molecule has 0 fully saturated rings. The summed E-state index contributed by atoms with van der Waals surface area (Å²) in [6.07, 6.45) is 0. The average molecular weight is 304 g/mol. The Balaban J connectivity index is 2.20. The van der Waals surface area contributed by atoms with E-state index in [-0.39, 0.29) is 0 Å². The van der Waals surface area contributed by atoms with Crippen LogP contribution in [0.4, 0.5) is 5.69 Å². The Morgan fingerprint density at radius 3 is 2.25 bits per heavy atom. The van der Waals surface area contributed by atoms with Gasteiger partial charge in [0.1, 0.15) is 0 Å². The molecule has 0 aliphatic heterocycles. The van der Waals surface area contributed by atoms with E-state index in [2.05, 4.69) is 16.6 Å². The second-order valence-electron chi connectivity index (χ2n) is 4.09. The Hall–Kier alpha value is -2.02. The molecule has 0 heterocycles. The lowest BCUT2D eigenvalue weighted by Gasteiger charge is -2.07. The largest absolute Gasteiger partial charge is 0.275 e. The molecule has 0 unspecified atom stereocenters. The molecule has 0 aliphatic rings. The van der Waals surface area contributed by atoms with Crippen molar-refractivity contribution >= 4 is 34.6 Å². The molecule has 0 aliphatic carbocycles. The number of benzene rings is 2. The van der Waals surface area contributed by atoms with Crippen molar-refractivity contribution in [3.8, 4) is 6.07 Å². The first-order valence-electron chi connectivity index (χ1n) is 5.86.